The van der Waals surface area contributed by atoms with Gasteiger partial charge in [0.2, 0.25) is 17.8 Å². The van der Waals surface area contributed by atoms with Gasteiger partial charge in [-0.15, -0.1) is 0 Å². The molecule has 0 amide bonds. The molecule has 3 rings (SSSR count). The Balaban J connectivity index is 1.78. The number of nitrogens with zero attached hydrogens (tertiary/aromatic N) is 5. The van der Waals surface area contributed by atoms with Gasteiger partial charge < -0.3 is 11.1 Å². The minimum absolute atomic E-state index is 0.00164. The minimum atomic E-state index is -4.60. The summed E-state index contributed by atoms with van der Waals surface area (Å²) in [5, 5.41) is 6.22. The van der Waals surface area contributed by atoms with Gasteiger partial charge in [0.05, 0.1) is 0 Å². The fourth-order valence-electron chi connectivity index (χ4n) is 2.50. The lowest BCUT2D eigenvalue weighted by atomic mass is 9.92. The maximum absolute atomic E-state index is 13.2. The van der Waals surface area contributed by atoms with Crippen LogP contribution in [-0.2, 0) is 6.18 Å². The van der Waals surface area contributed by atoms with Crippen LogP contribution in [0, 0.1) is 0 Å². The molecule has 2 heterocycles. The topological polar surface area (TPSA) is 94.5 Å². The second-order valence-corrected chi connectivity index (χ2v) is 5.74. The number of nitrogens with two attached hydrogens (primary N) is 1. The highest BCUT2D eigenvalue weighted by Gasteiger charge is 2.35. The summed E-state index contributed by atoms with van der Waals surface area (Å²) in [6, 6.07) is 0.494. The van der Waals surface area contributed by atoms with Crippen LogP contribution in [0.3, 0.4) is 0 Å². The minimum Gasteiger partial charge on any atom is -0.368 e. The summed E-state index contributed by atoms with van der Waals surface area (Å²) < 4.78 is 65.0. The summed E-state index contributed by atoms with van der Waals surface area (Å²) in [6.07, 6.45) is -3.64. The van der Waals surface area contributed by atoms with Crippen LogP contribution in [0.15, 0.2) is 12.3 Å². The highest BCUT2D eigenvalue weighted by atomic mass is 19.4. The van der Waals surface area contributed by atoms with Crippen LogP contribution in [-0.4, -0.2) is 36.7 Å². The molecule has 7 nitrogen and oxygen atoms in total. The summed E-state index contributed by atoms with van der Waals surface area (Å²) >= 11 is 0. The molecular formula is C13H14F5N7. The number of halogens is 5. The predicted molar refractivity (Wildman–Crippen MR) is 77.2 cm³/mol. The van der Waals surface area contributed by atoms with Gasteiger partial charge >= 0.3 is 6.18 Å². The smallest absolute Gasteiger partial charge is 0.368 e. The monoisotopic (exact) mass is 363 g/mol. The summed E-state index contributed by atoms with van der Waals surface area (Å²) in [6.45, 7) is 0. The summed E-state index contributed by atoms with van der Waals surface area (Å²) in [7, 11) is 0. The molecule has 0 bridgehead atoms. The number of rotatable bonds is 3. The first-order chi connectivity index (χ1) is 11.6. The van der Waals surface area contributed by atoms with Crippen molar-refractivity contribution in [2.24, 2.45) is 0 Å². The van der Waals surface area contributed by atoms with Crippen LogP contribution in [0.5, 0.6) is 0 Å². The fourth-order valence-corrected chi connectivity index (χ4v) is 2.50. The van der Waals surface area contributed by atoms with E-state index in [0.717, 1.165) is 16.9 Å². The third kappa shape index (κ3) is 4.12. The molecule has 0 aliphatic heterocycles. The van der Waals surface area contributed by atoms with Gasteiger partial charge in [0, 0.05) is 25.1 Å². The quantitative estimate of drug-likeness (QED) is 0.814. The van der Waals surface area contributed by atoms with Crippen LogP contribution < -0.4 is 11.1 Å². The fraction of sp³-hybridized carbons (Fsp3) is 0.538. The third-order valence-corrected chi connectivity index (χ3v) is 3.78. The van der Waals surface area contributed by atoms with Gasteiger partial charge in [-0.25, -0.2) is 13.5 Å². The van der Waals surface area contributed by atoms with E-state index in [1.807, 2.05) is 0 Å². The zero-order valence-corrected chi connectivity index (χ0v) is 12.8. The van der Waals surface area contributed by atoms with Gasteiger partial charge in [-0.3, -0.25) is 0 Å². The van der Waals surface area contributed by atoms with Gasteiger partial charge in [0.15, 0.2) is 5.69 Å². The standard InChI is InChI=1S/C13H14F5N7/c14-12(15)4-1-7(2-5-12)20-10-21-9(19)22-11(23-10)25-6-3-8(24-25)13(16,17)18/h3,6-7H,1-2,4-5H2,(H3,19,20,21,22,23). The molecule has 0 atom stereocenters. The van der Waals surface area contributed by atoms with E-state index >= 15 is 0 Å². The molecule has 0 unspecified atom stereocenters. The lowest BCUT2D eigenvalue weighted by Crippen LogP contribution is -2.32. The maximum atomic E-state index is 13.2. The SMILES string of the molecule is Nc1nc(NC2CCC(F)(F)CC2)nc(-n2ccc(C(F)(F)F)n2)n1. The summed E-state index contributed by atoms with van der Waals surface area (Å²) in [4.78, 5) is 11.5. The number of nitrogens with one attached hydrogen (secondary N) is 1. The van der Waals surface area contributed by atoms with Crippen LogP contribution in [0.4, 0.5) is 33.8 Å². The Morgan fingerprint density at radius 2 is 1.84 bits per heavy atom. The third-order valence-electron chi connectivity index (χ3n) is 3.78. The second-order valence-electron chi connectivity index (χ2n) is 5.74. The van der Waals surface area contributed by atoms with E-state index in [2.05, 4.69) is 25.4 Å². The molecule has 1 aliphatic rings. The van der Waals surface area contributed by atoms with Gasteiger partial charge in [-0.1, -0.05) is 0 Å². The van der Waals surface area contributed by atoms with Gasteiger partial charge in [0.1, 0.15) is 0 Å². The molecule has 12 heteroatoms. The van der Waals surface area contributed by atoms with Crippen molar-refractivity contribution in [3.05, 3.63) is 18.0 Å². The first-order valence-corrected chi connectivity index (χ1v) is 7.41. The Morgan fingerprint density at radius 1 is 1.16 bits per heavy atom. The maximum Gasteiger partial charge on any atom is 0.435 e. The Labute approximate surface area is 138 Å². The van der Waals surface area contributed by atoms with Gasteiger partial charge in [-0.2, -0.15) is 33.2 Å². The van der Waals surface area contributed by atoms with Crippen LogP contribution in [0.1, 0.15) is 31.4 Å². The Hall–Kier alpha value is -2.53. The van der Waals surface area contributed by atoms with Gasteiger partial charge in [-0.05, 0) is 18.9 Å². The van der Waals surface area contributed by atoms with Crippen LogP contribution in [0.2, 0.25) is 0 Å². The molecule has 2 aromatic rings. The number of hydrogen-bond acceptors (Lipinski definition) is 6. The van der Waals surface area contributed by atoms with E-state index in [1.54, 1.807) is 0 Å². The molecular weight excluding hydrogens is 349 g/mol. The van der Waals surface area contributed by atoms with Crippen molar-refractivity contribution in [3.8, 4) is 5.95 Å². The number of alkyl halides is 5. The Bertz CT molecular complexity index is 747. The average Bonchev–Trinajstić information content (AvgIpc) is 2.99. The molecule has 1 aliphatic carbocycles. The van der Waals surface area contributed by atoms with Crippen molar-refractivity contribution in [2.45, 2.75) is 43.8 Å². The molecule has 0 spiro atoms. The van der Waals surface area contributed by atoms with E-state index in [-0.39, 0.29) is 49.6 Å². The normalized spacial score (nSPS) is 18.3. The molecule has 0 saturated heterocycles. The van der Waals surface area contributed by atoms with Crippen LogP contribution >= 0.6 is 0 Å². The largest absolute Gasteiger partial charge is 0.435 e. The molecule has 25 heavy (non-hydrogen) atoms. The summed E-state index contributed by atoms with van der Waals surface area (Å²) in [5.41, 5.74) is 4.45. The van der Waals surface area contributed by atoms with Crippen molar-refractivity contribution in [1.82, 2.24) is 24.7 Å². The lowest BCUT2D eigenvalue weighted by molar-refractivity contribution is -0.141. The van der Waals surface area contributed by atoms with Crippen molar-refractivity contribution in [3.63, 3.8) is 0 Å². The zero-order valence-electron chi connectivity index (χ0n) is 12.8. The van der Waals surface area contributed by atoms with Crippen molar-refractivity contribution < 1.29 is 22.0 Å². The number of anilines is 2. The molecule has 1 saturated carbocycles. The van der Waals surface area contributed by atoms with Gasteiger partial charge in [0.25, 0.3) is 5.95 Å². The summed E-state index contributed by atoms with van der Waals surface area (Å²) in [5.74, 6) is -3.10. The molecule has 136 valence electrons. The van der Waals surface area contributed by atoms with Crippen molar-refractivity contribution >= 4 is 11.9 Å². The molecule has 0 radical (unpaired) electrons. The molecule has 1 fully saturated rings. The molecule has 3 N–H and O–H groups in total. The Kier molecular flexibility index (Phi) is 4.21. The average molecular weight is 363 g/mol. The van der Waals surface area contributed by atoms with Crippen LogP contribution in [0.25, 0.3) is 5.95 Å². The van der Waals surface area contributed by atoms with E-state index in [4.69, 9.17) is 5.73 Å². The highest BCUT2D eigenvalue weighted by Crippen LogP contribution is 2.34. The number of nitrogen functional groups attached to an aromatic ring is 1. The van der Waals surface area contributed by atoms with Crippen molar-refractivity contribution in [1.29, 1.82) is 0 Å². The van der Waals surface area contributed by atoms with E-state index in [0.29, 0.717) is 0 Å². The number of hydrogen-bond donors (Lipinski definition) is 2. The lowest BCUT2D eigenvalue weighted by Gasteiger charge is -2.28. The highest BCUT2D eigenvalue weighted by molar-refractivity contribution is 5.36. The predicted octanol–water partition coefficient (Wildman–Crippen LogP) is 2.65. The second kappa shape index (κ2) is 6.08. The first-order valence-electron chi connectivity index (χ1n) is 7.41. The molecule has 0 aromatic carbocycles. The first kappa shape index (κ1) is 17.3. The van der Waals surface area contributed by atoms with E-state index in [9.17, 15) is 22.0 Å². The van der Waals surface area contributed by atoms with E-state index < -0.39 is 17.8 Å². The van der Waals surface area contributed by atoms with Crippen molar-refractivity contribution in [2.75, 3.05) is 11.1 Å². The van der Waals surface area contributed by atoms with E-state index in [1.165, 1.54) is 0 Å². The zero-order chi connectivity index (χ0) is 18.2. The molecule has 2 aromatic heterocycles. The Morgan fingerprint density at radius 3 is 2.44 bits per heavy atom. The number of aromatic nitrogens is 5.